The minimum absolute atomic E-state index is 0.124. The maximum atomic E-state index is 11.5. The lowest BCUT2D eigenvalue weighted by atomic mass is 10.5. The van der Waals surface area contributed by atoms with E-state index in [-0.39, 0.29) is 5.71 Å². The van der Waals surface area contributed by atoms with Crippen LogP contribution in [-0.2, 0) is 19.2 Å². The van der Waals surface area contributed by atoms with Gasteiger partial charge < -0.3 is 11.5 Å². The number of rotatable bonds is 3. The first-order chi connectivity index (χ1) is 11.5. The Balaban J connectivity index is 5.59. The molecule has 0 radical (unpaired) electrons. The Morgan fingerprint density at radius 3 is 1.52 bits per heavy atom. The summed E-state index contributed by atoms with van der Waals surface area (Å²) in [6.07, 6.45) is 1.08. The second-order valence-corrected chi connectivity index (χ2v) is 4.63. The molecule has 0 aliphatic heterocycles. The lowest BCUT2D eigenvalue weighted by Gasteiger charge is -2.14. The Bertz CT molecular complexity index is 692. The molecule has 0 aliphatic carbocycles. The minimum atomic E-state index is -0.611. The molecule has 0 spiro atoms. The minimum Gasteiger partial charge on any atom is -0.368 e. The van der Waals surface area contributed by atoms with E-state index in [1.165, 1.54) is 6.92 Å². The first-order valence-electron chi connectivity index (χ1n) is 6.85. The largest absolute Gasteiger partial charge is 0.368 e. The molecule has 136 valence electrons. The van der Waals surface area contributed by atoms with E-state index >= 15 is 0 Å². The first-order valence-corrected chi connectivity index (χ1v) is 6.85. The van der Waals surface area contributed by atoms with Gasteiger partial charge in [0.1, 0.15) is 0 Å². The third-order valence-corrected chi connectivity index (χ3v) is 2.19. The summed E-state index contributed by atoms with van der Waals surface area (Å²) in [4.78, 5) is 51.7. The van der Waals surface area contributed by atoms with E-state index in [1.54, 1.807) is 0 Å². The second-order valence-electron chi connectivity index (χ2n) is 4.63. The van der Waals surface area contributed by atoms with Crippen LogP contribution in [-0.4, -0.2) is 57.5 Å². The normalized spacial score (nSPS) is 12.9. The van der Waals surface area contributed by atoms with Crippen molar-refractivity contribution in [3.05, 3.63) is 0 Å². The quantitative estimate of drug-likeness (QED) is 0.365. The molecular formula is C13H20N8O4. The average Bonchev–Trinajstić information content (AvgIpc) is 2.42. The molecule has 4 N–H and O–H groups in total. The van der Waals surface area contributed by atoms with Crippen molar-refractivity contribution in [1.29, 1.82) is 0 Å². The summed E-state index contributed by atoms with van der Waals surface area (Å²) >= 11 is 0. The molecule has 4 amide bonds. The van der Waals surface area contributed by atoms with Crippen molar-refractivity contribution in [3.63, 3.8) is 0 Å². The molecule has 0 saturated heterocycles. The van der Waals surface area contributed by atoms with Crippen LogP contribution in [0.25, 0.3) is 0 Å². The fourth-order valence-electron chi connectivity index (χ4n) is 1.33. The van der Waals surface area contributed by atoms with Crippen molar-refractivity contribution in [1.82, 2.24) is 10.0 Å². The fourth-order valence-corrected chi connectivity index (χ4v) is 1.33. The number of hydrogen-bond donors (Lipinski definition) is 2. The number of amides is 4. The topological polar surface area (TPSA) is 176 Å². The third kappa shape index (κ3) is 8.11. The molecule has 0 aromatic heterocycles. The fraction of sp³-hybridized carbons (Fsp3) is 0.385. The standard InChI is InChI=1S/C13H20N8O4/c1-7(19-21(11(5)25)13(15)18-9(3)23)6-16-20(10(4)24)12(14)17-8(2)22/h6H,1-5H3,(H2,14,17,22)(H2,15,18,23)/b16-6+,19-7-. The highest BCUT2D eigenvalue weighted by atomic mass is 16.2. The van der Waals surface area contributed by atoms with Crippen LogP contribution in [0.2, 0.25) is 0 Å². The van der Waals surface area contributed by atoms with Crippen LogP contribution >= 0.6 is 0 Å². The zero-order valence-electron chi connectivity index (χ0n) is 14.5. The van der Waals surface area contributed by atoms with Gasteiger partial charge in [0, 0.05) is 27.7 Å². The van der Waals surface area contributed by atoms with Gasteiger partial charge >= 0.3 is 0 Å². The summed E-state index contributed by atoms with van der Waals surface area (Å²) in [5.41, 5.74) is 11.1. The van der Waals surface area contributed by atoms with Gasteiger partial charge in [0.2, 0.25) is 35.5 Å². The molecule has 0 aromatic rings. The summed E-state index contributed by atoms with van der Waals surface area (Å²) in [5, 5.41) is 8.94. The van der Waals surface area contributed by atoms with Gasteiger partial charge in [-0.15, -0.1) is 0 Å². The van der Waals surface area contributed by atoms with Crippen LogP contribution < -0.4 is 11.5 Å². The Hall–Kier alpha value is -3.44. The van der Waals surface area contributed by atoms with Gasteiger partial charge in [0.05, 0.1) is 11.9 Å². The summed E-state index contributed by atoms with van der Waals surface area (Å²) in [6, 6.07) is 0. The number of guanidine groups is 2. The van der Waals surface area contributed by atoms with Crippen LogP contribution in [0, 0.1) is 0 Å². The maximum absolute atomic E-state index is 11.5. The summed E-state index contributed by atoms with van der Waals surface area (Å²) in [7, 11) is 0. The molecule has 0 heterocycles. The Kier molecular flexibility index (Phi) is 8.32. The van der Waals surface area contributed by atoms with Crippen LogP contribution in [0.4, 0.5) is 0 Å². The molecule has 12 heteroatoms. The maximum Gasteiger partial charge on any atom is 0.246 e. The lowest BCUT2D eigenvalue weighted by Crippen LogP contribution is -2.39. The van der Waals surface area contributed by atoms with E-state index < -0.39 is 35.5 Å². The van der Waals surface area contributed by atoms with Gasteiger partial charge in [-0.3, -0.25) is 19.2 Å². The highest BCUT2D eigenvalue weighted by molar-refractivity contribution is 6.30. The predicted molar refractivity (Wildman–Crippen MR) is 91.2 cm³/mol. The van der Waals surface area contributed by atoms with E-state index in [2.05, 4.69) is 20.2 Å². The highest BCUT2D eigenvalue weighted by Crippen LogP contribution is 1.95. The van der Waals surface area contributed by atoms with Crippen molar-refractivity contribution in [2.75, 3.05) is 0 Å². The number of nitrogens with two attached hydrogens (primary N) is 2. The van der Waals surface area contributed by atoms with E-state index in [9.17, 15) is 19.2 Å². The van der Waals surface area contributed by atoms with Crippen molar-refractivity contribution in [2.24, 2.45) is 31.7 Å². The Morgan fingerprint density at radius 1 is 0.760 bits per heavy atom. The molecule has 25 heavy (non-hydrogen) atoms. The molecule has 0 saturated carbocycles. The van der Waals surface area contributed by atoms with Gasteiger partial charge in [-0.2, -0.15) is 30.2 Å². The molecule has 0 fully saturated rings. The second kappa shape index (κ2) is 9.64. The number of carbonyl (C=O) groups excluding carboxylic acids is 4. The molecule has 0 aromatic carbocycles. The molecule has 0 bridgehead atoms. The smallest absolute Gasteiger partial charge is 0.246 e. The molecule has 12 nitrogen and oxygen atoms in total. The van der Waals surface area contributed by atoms with Crippen LogP contribution in [0.5, 0.6) is 0 Å². The molecule has 0 aliphatic rings. The van der Waals surface area contributed by atoms with Gasteiger partial charge in [-0.25, -0.2) is 0 Å². The monoisotopic (exact) mass is 352 g/mol. The summed E-state index contributed by atoms with van der Waals surface area (Å²) in [5.74, 6) is -3.27. The zero-order valence-corrected chi connectivity index (χ0v) is 14.5. The molecular weight excluding hydrogens is 332 g/mol. The van der Waals surface area contributed by atoms with E-state index in [0.29, 0.717) is 10.0 Å². The molecule has 0 rings (SSSR count). The predicted octanol–water partition coefficient (Wildman–Crippen LogP) is -1.23. The number of carbonyl (C=O) groups is 4. The van der Waals surface area contributed by atoms with Crippen molar-refractivity contribution >= 4 is 47.5 Å². The molecule has 0 atom stereocenters. The van der Waals surface area contributed by atoms with Crippen molar-refractivity contribution in [3.8, 4) is 0 Å². The number of nitrogens with zero attached hydrogens (tertiary/aromatic N) is 6. The van der Waals surface area contributed by atoms with Gasteiger partial charge in [-0.05, 0) is 6.92 Å². The number of aliphatic imine (C=N–C) groups is 2. The average molecular weight is 352 g/mol. The number of hydrogen-bond acceptors (Lipinski definition) is 6. The Morgan fingerprint density at radius 2 is 1.16 bits per heavy atom. The first kappa shape index (κ1) is 21.6. The van der Waals surface area contributed by atoms with E-state index in [0.717, 1.165) is 33.9 Å². The Labute approximate surface area is 143 Å². The van der Waals surface area contributed by atoms with Crippen molar-refractivity contribution in [2.45, 2.75) is 34.6 Å². The van der Waals surface area contributed by atoms with E-state index in [1.807, 2.05) is 0 Å². The van der Waals surface area contributed by atoms with E-state index in [4.69, 9.17) is 11.5 Å². The SMILES string of the molecule is CC(=O)N=C(N)N(/N=C(C)\C=N\N(C(C)=O)C(N)=NC(C)=O)C(C)=O. The highest BCUT2D eigenvalue weighted by Gasteiger charge is 2.14. The zero-order chi connectivity index (χ0) is 19.7. The summed E-state index contributed by atoms with van der Waals surface area (Å²) < 4.78 is 0. The lowest BCUT2D eigenvalue weighted by molar-refractivity contribution is -0.126. The van der Waals surface area contributed by atoms with Gasteiger partial charge in [0.15, 0.2) is 0 Å². The van der Waals surface area contributed by atoms with Crippen LogP contribution in [0.15, 0.2) is 20.2 Å². The third-order valence-electron chi connectivity index (χ3n) is 2.19. The van der Waals surface area contributed by atoms with Crippen molar-refractivity contribution < 1.29 is 19.2 Å². The van der Waals surface area contributed by atoms with Crippen LogP contribution in [0.1, 0.15) is 34.6 Å². The number of hydrazone groups is 2. The molecule has 0 unspecified atom stereocenters. The van der Waals surface area contributed by atoms with Gasteiger partial charge in [0.25, 0.3) is 0 Å². The van der Waals surface area contributed by atoms with Gasteiger partial charge in [-0.1, -0.05) is 0 Å². The van der Waals surface area contributed by atoms with Crippen LogP contribution in [0.3, 0.4) is 0 Å². The summed E-state index contributed by atoms with van der Waals surface area (Å²) in [6.45, 7) is 6.08.